The molecule has 0 saturated carbocycles. The molecule has 98 valence electrons. The van der Waals surface area contributed by atoms with Gasteiger partial charge in [-0.3, -0.25) is 4.79 Å². The fourth-order valence-corrected chi connectivity index (χ4v) is 4.49. The summed E-state index contributed by atoms with van der Waals surface area (Å²) < 4.78 is 23.2. The van der Waals surface area contributed by atoms with Crippen molar-refractivity contribution in [2.24, 2.45) is 0 Å². The lowest BCUT2D eigenvalue weighted by Crippen LogP contribution is -2.60. The van der Waals surface area contributed by atoms with Crippen molar-refractivity contribution < 1.29 is 13.2 Å². The standard InChI is InChI=1S/C10H19N3O3S/c1-12(2)5-10(14)13-4-3-11-8-6-17(15,16)7-9(8)13/h8-9,11H,3-7H2,1-2H3/t8-,9+/m1/s1. The second-order valence-corrected chi connectivity index (χ2v) is 7.18. The maximum absolute atomic E-state index is 12.0. The molecule has 0 aliphatic carbocycles. The van der Waals surface area contributed by atoms with Crippen molar-refractivity contribution in [3.8, 4) is 0 Å². The van der Waals surface area contributed by atoms with E-state index in [9.17, 15) is 13.2 Å². The molecular weight excluding hydrogens is 242 g/mol. The van der Waals surface area contributed by atoms with Gasteiger partial charge in [0.1, 0.15) is 0 Å². The number of amides is 1. The Morgan fingerprint density at radius 2 is 2.12 bits per heavy atom. The van der Waals surface area contributed by atoms with Gasteiger partial charge in [-0.1, -0.05) is 0 Å². The third-order valence-electron chi connectivity index (χ3n) is 3.25. The number of hydrogen-bond acceptors (Lipinski definition) is 5. The van der Waals surface area contributed by atoms with Crippen LogP contribution in [0.3, 0.4) is 0 Å². The van der Waals surface area contributed by atoms with Gasteiger partial charge in [-0.2, -0.15) is 0 Å². The Bertz CT molecular complexity index is 407. The lowest BCUT2D eigenvalue weighted by molar-refractivity contribution is -0.135. The average Bonchev–Trinajstić information content (AvgIpc) is 2.49. The monoisotopic (exact) mass is 261 g/mol. The number of carbonyl (C=O) groups excluding carboxylic acids is 1. The highest BCUT2D eigenvalue weighted by atomic mass is 32.2. The summed E-state index contributed by atoms with van der Waals surface area (Å²) in [4.78, 5) is 15.6. The van der Waals surface area contributed by atoms with Crippen LogP contribution in [0.2, 0.25) is 0 Å². The van der Waals surface area contributed by atoms with Crippen molar-refractivity contribution >= 4 is 15.7 Å². The SMILES string of the molecule is CN(C)CC(=O)N1CCN[C@@H]2CS(=O)(=O)C[C@@H]21. The summed E-state index contributed by atoms with van der Waals surface area (Å²) in [6, 6.07) is -0.263. The first kappa shape index (κ1) is 12.8. The number of nitrogens with one attached hydrogen (secondary N) is 1. The van der Waals surface area contributed by atoms with Gasteiger partial charge < -0.3 is 15.1 Å². The van der Waals surface area contributed by atoms with Gasteiger partial charge in [0.05, 0.1) is 24.1 Å². The molecule has 2 fully saturated rings. The summed E-state index contributed by atoms with van der Waals surface area (Å²) in [7, 11) is 0.679. The highest BCUT2D eigenvalue weighted by Crippen LogP contribution is 2.21. The number of piperazine rings is 1. The third kappa shape index (κ3) is 2.78. The number of rotatable bonds is 2. The number of nitrogens with zero attached hydrogens (tertiary/aromatic N) is 2. The van der Waals surface area contributed by atoms with E-state index in [0.29, 0.717) is 19.6 Å². The van der Waals surface area contributed by atoms with Crippen LogP contribution in [0.25, 0.3) is 0 Å². The topological polar surface area (TPSA) is 69.7 Å². The molecule has 0 bridgehead atoms. The van der Waals surface area contributed by atoms with Crippen LogP contribution < -0.4 is 5.32 Å². The Morgan fingerprint density at radius 1 is 1.41 bits per heavy atom. The number of hydrogen-bond donors (Lipinski definition) is 1. The summed E-state index contributed by atoms with van der Waals surface area (Å²) in [6.07, 6.45) is 0. The number of carbonyl (C=O) groups is 1. The molecule has 0 unspecified atom stereocenters. The fourth-order valence-electron chi connectivity index (χ4n) is 2.54. The van der Waals surface area contributed by atoms with Gasteiger partial charge in [-0.25, -0.2) is 8.42 Å². The molecule has 2 aliphatic rings. The van der Waals surface area contributed by atoms with Crippen LogP contribution >= 0.6 is 0 Å². The largest absolute Gasteiger partial charge is 0.335 e. The van der Waals surface area contributed by atoms with Crippen LogP contribution in [-0.2, 0) is 14.6 Å². The zero-order valence-corrected chi connectivity index (χ0v) is 11.0. The van der Waals surface area contributed by atoms with E-state index in [-0.39, 0.29) is 29.5 Å². The highest BCUT2D eigenvalue weighted by molar-refractivity contribution is 7.91. The van der Waals surface area contributed by atoms with Gasteiger partial charge in [-0.05, 0) is 14.1 Å². The Kier molecular flexibility index (Phi) is 3.42. The maximum atomic E-state index is 12.0. The third-order valence-corrected chi connectivity index (χ3v) is 4.97. The van der Waals surface area contributed by atoms with Crippen LogP contribution in [0.15, 0.2) is 0 Å². The van der Waals surface area contributed by atoms with Gasteiger partial charge in [-0.15, -0.1) is 0 Å². The Labute approximate surface area is 102 Å². The molecule has 7 heteroatoms. The van der Waals surface area contributed by atoms with Crippen LogP contribution in [0, 0.1) is 0 Å². The van der Waals surface area contributed by atoms with Crippen molar-refractivity contribution in [1.82, 2.24) is 15.1 Å². The first-order valence-corrected chi connectivity index (χ1v) is 7.59. The summed E-state index contributed by atoms with van der Waals surface area (Å²) in [5, 5.41) is 3.19. The molecule has 0 spiro atoms. The summed E-state index contributed by atoms with van der Waals surface area (Å²) >= 11 is 0. The number of fused-ring (bicyclic) bond motifs is 1. The van der Waals surface area contributed by atoms with E-state index in [1.54, 1.807) is 4.90 Å². The molecule has 0 radical (unpaired) electrons. The second-order valence-electron chi connectivity index (χ2n) is 5.03. The van der Waals surface area contributed by atoms with Gasteiger partial charge in [0.25, 0.3) is 0 Å². The second kappa shape index (κ2) is 4.55. The van der Waals surface area contributed by atoms with E-state index < -0.39 is 9.84 Å². The van der Waals surface area contributed by atoms with Crippen LogP contribution in [-0.4, -0.2) is 81.4 Å². The highest BCUT2D eigenvalue weighted by Gasteiger charge is 2.44. The number of likely N-dealkylation sites (N-methyl/N-ethyl adjacent to an activating group) is 1. The predicted octanol–water partition coefficient (Wildman–Crippen LogP) is -1.85. The van der Waals surface area contributed by atoms with Crippen molar-refractivity contribution in [3.63, 3.8) is 0 Å². The first-order chi connectivity index (χ1) is 7.89. The van der Waals surface area contributed by atoms with Crippen molar-refractivity contribution in [2.45, 2.75) is 12.1 Å². The van der Waals surface area contributed by atoms with Gasteiger partial charge in [0, 0.05) is 19.1 Å². The molecule has 6 nitrogen and oxygen atoms in total. The minimum Gasteiger partial charge on any atom is -0.335 e. The Morgan fingerprint density at radius 3 is 2.76 bits per heavy atom. The van der Waals surface area contributed by atoms with Gasteiger partial charge in [0.15, 0.2) is 9.84 Å². The molecule has 2 atom stereocenters. The molecule has 2 heterocycles. The van der Waals surface area contributed by atoms with E-state index in [2.05, 4.69) is 5.32 Å². The first-order valence-electron chi connectivity index (χ1n) is 5.77. The number of sulfone groups is 1. The smallest absolute Gasteiger partial charge is 0.237 e. The minimum absolute atomic E-state index is 0.0172. The van der Waals surface area contributed by atoms with E-state index in [1.807, 2.05) is 19.0 Å². The summed E-state index contributed by atoms with van der Waals surface area (Å²) in [6.45, 7) is 1.61. The molecule has 2 aliphatic heterocycles. The molecular formula is C10H19N3O3S. The Balaban J connectivity index is 2.10. The zero-order chi connectivity index (χ0) is 12.6. The molecule has 2 rings (SSSR count). The van der Waals surface area contributed by atoms with Crippen molar-refractivity contribution in [3.05, 3.63) is 0 Å². The van der Waals surface area contributed by atoms with E-state index in [1.165, 1.54) is 0 Å². The quantitative estimate of drug-likeness (QED) is 0.632. The van der Waals surface area contributed by atoms with E-state index >= 15 is 0 Å². The molecule has 2 saturated heterocycles. The van der Waals surface area contributed by atoms with Crippen LogP contribution in [0.5, 0.6) is 0 Å². The van der Waals surface area contributed by atoms with Crippen molar-refractivity contribution in [1.29, 1.82) is 0 Å². The molecule has 0 aromatic heterocycles. The molecule has 0 aromatic carbocycles. The average molecular weight is 261 g/mol. The molecule has 1 amide bonds. The lowest BCUT2D eigenvalue weighted by atomic mass is 10.1. The van der Waals surface area contributed by atoms with E-state index in [4.69, 9.17) is 0 Å². The summed E-state index contributed by atoms with van der Waals surface area (Å²) in [5.74, 6) is 0.274. The summed E-state index contributed by atoms with van der Waals surface area (Å²) in [5.41, 5.74) is 0. The van der Waals surface area contributed by atoms with E-state index in [0.717, 1.165) is 0 Å². The lowest BCUT2D eigenvalue weighted by Gasteiger charge is -2.37. The minimum atomic E-state index is -2.99. The fraction of sp³-hybridized carbons (Fsp3) is 0.900. The zero-order valence-electron chi connectivity index (χ0n) is 10.2. The van der Waals surface area contributed by atoms with Crippen molar-refractivity contribution in [2.75, 3.05) is 45.2 Å². The van der Waals surface area contributed by atoms with Crippen LogP contribution in [0.1, 0.15) is 0 Å². The molecule has 1 N–H and O–H groups in total. The van der Waals surface area contributed by atoms with Gasteiger partial charge >= 0.3 is 0 Å². The normalized spacial score (nSPS) is 31.6. The van der Waals surface area contributed by atoms with Gasteiger partial charge in [0.2, 0.25) is 5.91 Å². The Hall–Kier alpha value is -0.660. The maximum Gasteiger partial charge on any atom is 0.237 e. The molecule has 17 heavy (non-hydrogen) atoms. The predicted molar refractivity (Wildman–Crippen MR) is 64.5 cm³/mol. The molecule has 0 aromatic rings. The van der Waals surface area contributed by atoms with Crippen LogP contribution in [0.4, 0.5) is 0 Å².